The van der Waals surface area contributed by atoms with Crippen LogP contribution in [-0.2, 0) is 11.3 Å². The van der Waals surface area contributed by atoms with Gasteiger partial charge in [-0.1, -0.05) is 15.9 Å². The fraction of sp³-hybridized carbons (Fsp3) is 0.556. The summed E-state index contributed by atoms with van der Waals surface area (Å²) in [4.78, 5) is 15.1. The smallest absolute Gasteiger partial charge is 0.221 e. The third kappa shape index (κ3) is 3.91. The lowest BCUT2D eigenvalue weighted by Gasteiger charge is -2.13. The predicted octanol–water partition coefficient (Wildman–Crippen LogP) is 1.17. The molecule has 1 aromatic rings. The third-order valence-electron chi connectivity index (χ3n) is 1.77. The number of nitrogens with zero attached hydrogens (tertiary/aromatic N) is 2. The fourth-order valence-electron chi connectivity index (χ4n) is 1.19. The summed E-state index contributed by atoms with van der Waals surface area (Å²) in [6.45, 7) is 2.74. The number of aromatic nitrogens is 2. The number of nitrogens with one attached hydrogen (secondary N) is 1. The summed E-state index contributed by atoms with van der Waals surface area (Å²) >= 11 is 3.22. The molecular formula is C9H14BrN3O. The lowest BCUT2D eigenvalue weighted by molar-refractivity contribution is -0.121. The lowest BCUT2D eigenvalue weighted by atomic mass is 10.3. The zero-order valence-electron chi connectivity index (χ0n) is 8.11. The Kier molecular flexibility index (Phi) is 4.65. The van der Waals surface area contributed by atoms with E-state index in [0.717, 1.165) is 6.54 Å². The van der Waals surface area contributed by atoms with Crippen LogP contribution in [0.2, 0.25) is 0 Å². The second-order valence-electron chi connectivity index (χ2n) is 3.17. The Hall–Kier alpha value is -0.840. The fourth-order valence-corrected chi connectivity index (χ4v) is 1.55. The molecule has 0 saturated heterocycles. The standard InChI is InChI=1S/C9H14BrN3O/c1-8(12-9(14)2-3-10)6-13-5-4-11-7-13/h4-5,7-8H,2-3,6H2,1H3,(H,12,14). The van der Waals surface area contributed by atoms with E-state index in [2.05, 4.69) is 26.2 Å². The van der Waals surface area contributed by atoms with Gasteiger partial charge in [-0.3, -0.25) is 4.79 Å². The van der Waals surface area contributed by atoms with E-state index in [4.69, 9.17) is 0 Å². The number of hydrogen-bond acceptors (Lipinski definition) is 2. The number of carbonyl (C=O) groups excluding carboxylic acids is 1. The van der Waals surface area contributed by atoms with Gasteiger partial charge in [-0.15, -0.1) is 0 Å². The summed E-state index contributed by atoms with van der Waals surface area (Å²) in [5, 5.41) is 3.61. The molecule has 1 unspecified atom stereocenters. The molecule has 0 aromatic carbocycles. The van der Waals surface area contributed by atoms with Crippen molar-refractivity contribution in [3.05, 3.63) is 18.7 Å². The number of imidazole rings is 1. The van der Waals surface area contributed by atoms with E-state index in [1.807, 2.05) is 17.7 Å². The molecule has 0 aliphatic rings. The molecular weight excluding hydrogens is 246 g/mol. The van der Waals surface area contributed by atoms with E-state index in [0.29, 0.717) is 11.8 Å². The van der Waals surface area contributed by atoms with Crippen molar-refractivity contribution in [2.75, 3.05) is 5.33 Å². The quantitative estimate of drug-likeness (QED) is 0.808. The van der Waals surface area contributed by atoms with Crippen LogP contribution in [0.5, 0.6) is 0 Å². The van der Waals surface area contributed by atoms with Crippen molar-refractivity contribution in [3.63, 3.8) is 0 Å². The number of alkyl halides is 1. The zero-order valence-corrected chi connectivity index (χ0v) is 9.70. The van der Waals surface area contributed by atoms with Crippen molar-refractivity contribution in [2.45, 2.75) is 25.9 Å². The van der Waals surface area contributed by atoms with Gasteiger partial charge < -0.3 is 9.88 Å². The molecule has 0 aliphatic heterocycles. The molecule has 14 heavy (non-hydrogen) atoms. The number of amides is 1. The van der Waals surface area contributed by atoms with Crippen LogP contribution in [0.3, 0.4) is 0 Å². The van der Waals surface area contributed by atoms with Gasteiger partial charge in [0, 0.05) is 36.7 Å². The first-order valence-corrected chi connectivity index (χ1v) is 5.65. The Balaban J connectivity index is 2.29. The number of rotatable bonds is 5. The van der Waals surface area contributed by atoms with E-state index in [1.54, 1.807) is 12.5 Å². The molecule has 1 aromatic heterocycles. The van der Waals surface area contributed by atoms with E-state index < -0.39 is 0 Å². The highest BCUT2D eigenvalue weighted by molar-refractivity contribution is 9.09. The monoisotopic (exact) mass is 259 g/mol. The van der Waals surface area contributed by atoms with Crippen molar-refractivity contribution in [1.29, 1.82) is 0 Å². The van der Waals surface area contributed by atoms with Crippen LogP contribution in [0.15, 0.2) is 18.7 Å². The van der Waals surface area contributed by atoms with Crippen LogP contribution >= 0.6 is 15.9 Å². The Morgan fingerprint density at radius 3 is 3.07 bits per heavy atom. The molecule has 1 atom stereocenters. The Morgan fingerprint density at radius 2 is 2.50 bits per heavy atom. The van der Waals surface area contributed by atoms with Crippen LogP contribution in [0, 0.1) is 0 Å². The first kappa shape index (κ1) is 11.2. The van der Waals surface area contributed by atoms with Crippen LogP contribution < -0.4 is 5.32 Å². The summed E-state index contributed by atoms with van der Waals surface area (Å²) in [6, 6.07) is 0.135. The summed E-state index contributed by atoms with van der Waals surface area (Å²) < 4.78 is 1.94. The highest BCUT2D eigenvalue weighted by atomic mass is 79.9. The molecule has 0 spiro atoms. The van der Waals surface area contributed by atoms with Crippen molar-refractivity contribution in [2.24, 2.45) is 0 Å². The average molecular weight is 260 g/mol. The number of carbonyl (C=O) groups is 1. The first-order valence-electron chi connectivity index (χ1n) is 4.53. The van der Waals surface area contributed by atoms with Crippen molar-refractivity contribution < 1.29 is 4.79 Å². The molecule has 1 N–H and O–H groups in total. The van der Waals surface area contributed by atoms with Crippen molar-refractivity contribution >= 4 is 21.8 Å². The highest BCUT2D eigenvalue weighted by Gasteiger charge is 2.06. The topological polar surface area (TPSA) is 46.9 Å². The average Bonchev–Trinajstić information content (AvgIpc) is 2.56. The minimum Gasteiger partial charge on any atom is -0.352 e. The lowest BCUT2D eigenvalue weighted by Crippen LogP contribution is -2.35. The number of halogens is 1. The van der Waals surface area contributed by atoms with Crippen LogP contribution in [0.25, 0.3) is 0 Å². The van der Waals surface area contributed by atoms with Gasteiger partial charge in [0.25, 0.3) is 0 Å². The van der Waals surface area contributed by atoms with E-state index >= 15 is 0 Å². The number of hydrogen-bond donors (Lipinski definition) is 1. The molecule has 5 heteroatoms. The minimum absolute atomic E-state index is 0.0782. The van der Waals surface area contributed by atoms with Crippen LogP contribution in [0.1, 0.15) is 13.3 Å². The molecule has 0 saturated carbocycles. The van der Waals surface area contributed by atoms with Gasteiger partial charge in [0.05, 0.1) is 6.33 Å². The van der Waals surface area contributed by atoms with Crippen molar-refractivity contribution in [3.8, 4) is 0 Å². The maximum absolute atomic E-state index is 11.2. The molecule has 0 fully saturated rings. The molecule has 1 heterocycles. The molecule has 0 aliphatic carbocycles. The SMILES string of the molecule is CC(Cn1ccnc1)NC(=O)CCBr. The largest absolute Gasteiger partial charge is 0.352 e. The Bertz CT molecular complexity index is 274. The van der Waals surface area contributed by atoms with E-state index in [1.165, 1.54) is 0 Å². The molecule has 78 valence electrons. The van der Waals surface area contributed by atoms with Crippen LogP contribution in [-0.4, -0.2) is 26.8 Å². The minimum atomic E-state index is 0.0782. The van der Waals surface area contributed by atoms with Gasteiger partial charge in [-0.25, -0.2) is 4.98 Å². The maximum Gasteiger partial charge on any atom is 0.221 e. The highest BCUT2D eigenvalue weighted by Crippen LogP contribution is 1.93. The summed E-state index contributed by atoms with van der Waals surface area (Å²) in [5.74, 6) is 0.0782. The molecule has 0 bridgehead atoms. The second-order valence-corrected chi connectivity index (χ2v) is 3.96. The van der Waals surface area contributed by atoms with Gasteiger partial charge in [0.2, 0.25) is 5.91 Å². The predicted molar refractivity (Wildman–Crippen MR) is 58.2 cm³/mol. The third-order valence-corrected chi connectivity index (χ3v) is 2.17. The summed E-state index contributed by atoms with van der Waals surface area (Å²) in [7, 11) is 0. The van der Waals surface area contributed by atoms with Gasteiger partial charge >= 0.3 is 0 Å². The molecule has 0 radical (unpaired) electrons. The zero-order chi connectivity index (χ0) is 10.4. The van der Waals surface area contributed by atoms with Gasteiger partial charge in [0.1, 0.15) is 0 Å². The van der Waals surface area contributed by atoms with Gasteiger partial charge in [-0.2, -0.15) is 0 Å². The van der Waals surface area contributed by atoms with E-state index in [9.17, 15) is 4.79 Å². The molecule has 4 nitrogen and oxygen atoms in total. The Labute approximate surface area is 91.8 Å². The van der Waals surface area contributed by atoms with Gasteiger partial charge in [0.15, 0.2) is 0 Å². The van der Waals surface area contributed by atoms with Crippen LogP contribution in [0.4, 0.5) is 0 Å². The van der Waals surface area contributed by atoms with Crippen molar-refractivity contribution in [1.82, 2.24) is 14.9 Å². The first-order chi connectivity index (χ1) is 6.72. The normalized spacial score (nSPS) is 12.4. The van der Waals surface area contributed by atoms with E-state index in [-0.39, 0.29) is 11.9 Å². The Morgan fingerprint density at radius 1 is 1.71 bits per heavy atom. The molecule has 1 amide bonds. The second kappa shape index (κ2) is 5.80. The van der Waals surface area contributed by atoms with Gasteiger partial charge in [-0.05, 0) is 6.92 Å². The maximum atomic E-state index is 11.2. The molecule has 1 rings (SSSR count). The summed E-state index contributed by atoms with van der Waals surface area (Å²) in [5.41, 5.74) is 0. The summed E-state index contributed by atoms with van der Waals surface area (Å²) in [6.07, 6.45) is 5.88.